The Kier molecular flexibility index (Phi) is 12.7. The molecule has 0 atom stereocenters. The molecule has 1 fully saturated rings. The second kappa shape index (κ2) is 17.8. The minimum atomic E-state index is 0.615. The molecule has 11 heteroatoms. The van der Waals surface area contributed by atoms with E-state index >= 15 is 0 Å². The van der Waals surface area contributed by atoms with Crippen molar-refractivity contribution in [2.24, 2.45) is 0 Å². The van der Waals surface area contributed by atoms with E-state index in [1.807, 2.05) is 36.4 Å². The summed E-state index contributed by atoms with van der Waals surface area (Å²) in [5, 5.41) is 16.6. The number of hydrogen-bond acceptors (Lipinski definition) is 11. The zero-order chi connectivity index (χ0) is 31.8. The summed E-state index contributed by atoms with van der Waals surface area (Å²) < 4.78 is 0. The number of anilines is 6. The van der Waals surface area contributed by atoms with Crippen LogP contribution in [0.1, 0.15) is 24.0 Å². The van der Waals surface area contributed by atoms with Gasteiger partial charge in [-0.1, -0.05) is 36.4 Å². The Balaban J connectivity index is 0.000000181. The zero-order valence-electron chi connectivity index (χ0n) is 27.0. The zero-order valence-corrected chi connectivity index (χ0v) is 27.0. The van der Waals surface area contributed by atoms with E-state index in [1.165, 1.54) is 11.1 Å². The first kappa shape index (κ1) is 32.8. The minimum absolute atomic E-state index is 0.615. The quantitative estimate of drug-likeness (QED) is 0.0921. The minimum Gasteiger partial charge on any atom is -0.370 e. The molecule has 0 unspecified atom stereocenters. The topological polar surface area (TPSA) is 118 Å². The number of aryl methyl sites for hydroxylation is 2. The third kappa shape index (κ3) is 11.4. The van der Waals surface area contributed by atoms with Gasteiger partial charge in [-0.3, -0.25) is 9.80 Å². The lowest BCUT2D eigenvalue weighted by molar-refractivity contribution is 0.333. The van der Waals surface area contributed by atoms with Gasteiger partial charge in [-0.15, -0.1) is 0 Å². The van der Waals surface area contributed by atoms with Gasteiger partial charge in [0.15, 0.2) is 0 Å². The summed E-state index contributed by atoms with van der Waals surface area (Å²) in [6.45, 7) is 13.6. The van der Waals surface area contributed by atoms with Crippen molar-refractivity contribution < 1.29 is 0 Å². The Bertz CT molecular complexity index is 1410. The highest BCUT2D eigenvalue weighted by atomic mass is 15.3. The molecule has 11 nitrogen and oxygen atoms in total. The average Bonchev–Trinajstić information content (AvgIpc) is 3.78. The molecule has 0 saturated carbocycles. The molecule has 0 bridgehead atoms. The van der Waals surface area contributed by atoms with Crippen molar-refractivity contribution in [3.8, 4) is 0 Å². The molecule has 2 aliphatic heterocycles. The van der Waals surface area contributed by atoms with Crippen LogP contribution in [0, 0.1) is 13.8 Å². The standard InChI is InChI=1S/C18H23N5.C17H24N6/c1-15-6-4-7-16(14-15)21-18-20-10-8-17(22-18)19-9-5-13-23-11-2-3-12-23;1-14-4-2-5-15(12-14)21-17-20-8-6-16(22-17)19-7-3-10-23-11-9-18-13-23/h2-4,6-8,10,14H,5,9,11-13H2,1H3,(H2,19,20,21,22);2,4-6,8,12,18H,3,7,9-11,13H2,1H3,(H2,19,20,21,22). The summed E-state index contributed by atoms with van der Waals surface area (Å²) in [6.07, 6.45) is 10.2. The van der Waals surface area contributed by atoms with E-state index in [1.54, 1.807) is 12.4 Å². The number of nitrogens with one attached hydrogen (secondary N) is 5. The molecule has 4 aromatic rings. The van der Waals surface area contributed by atoms with Gasteiger partial charge in [-0.25, -0.2) is 9.97 Å². The van der Waals surface area contributed by atoms with Gasteiger partial charge < -0.3 is 26.6 Å². The van der Waals surface area contributed by atoms with Gasteiger partial charge in [0.05, 0.1) is 0 Å². The van der Waals surface area contributed by atoms with E-state index in [2.05, 4.69) is 107 Å². The maximum atomic E-state index is 4.51. The van der Waals surface area contributed by atoms with Crippen LogP contribution in [-0.2, 0) is 0 Å². The molecule has 2 aliphatic rings. The molecule has 0 spiro atoms. The number of aromatic nitrogens is 4. The fourth-order valence-corrected chi connectivity index (χ4v) is 5.23. The van der Waals surface area contributed by atoms with Crippen molar-refractivity contribution in [1.29, 1.82) is 0 Å². The Hall–Kier alpha value is -4.58. The first-order valence-corrected chi connectivity index (χ1v) is 16.2. The highest BCUT2D eigenvalue weighted by Crippen LogP contribution is 2.17. The molecule has 2 aromatic heterocycles. The third-order valence-electron chi connectivity index (χ3n) is 7.61. The van der Waals surface area contributed by atoms with Crippen LogP contribution in [0.3, 0.4) is 0 Å². The summed E-state index contributed by atoms with van der Waals surface area (Å²) >= 11 is 0. The lowest BCUT2D eigenvalue weighted by atomic mass is 10.2. The lowest BCUT2D eigenvalue weighted by Gasteiger charge is -2.14. The first-order chi connectivity index (χ1) is 22.6. The summed E-state index contributed by atoms with van der Waals surface area (Å²) in [5.41, 5.74) is 4.42. The van der Waals surface area contributed by atoms with E-state index in [9.17, 15) is 0 Å². The van der Waals surface area contributed by atoms with E-state index < -0.39 is 0 Å². The molecule has 0 amide bonds. The summed E-state index contributed by atoms with van der Waals surface area (Å²) in [7, 11) is 0. The summed E-state index contributed by atoms with van der Waals surface area (Å²) in [6, 6.07) is 20.2. The SMILES string of the molecule is Cc1cccc(Nc2nccc(NCCCN3CC=CC3)n2)c1.Cc1cccc(Nc2nccc(NCCCN3CCNC3)n2)c1. The van der Waals surface area contributed by atoms with Gasteiger partial charge in [-0.05, 0) is 74.2 Å². The van der Waals surface area contributed by atoms with Crippen molar-refractivity contribution in [2.45, 2.75) is 26.7 Å². The average molecular weight is 622 g/mol. The molecule has 2 aromatic carbocycles. The fraction of sp³-hybridized carbons (Fsp3) is 0.371. The van der Waals surface area contributed by atoms with Crippen LogP contribution in [-0.4, -0.2) is 88.8 Å². The van der Waals surface area contributed by atoms with Crippen molar-refractivity contribution in [1.82, 2.24) is 35.1 Å². The molecular weight excluding hydrogens is 574 g/mol. The molecule has 5 N–H and O–H groups in total. The smallest absolute Gasteiger partial charge is 0.229 e. The van der Waals surface area contributed by atoms with Crippen molar-refractivity contribution in [3.63, 3.8) is 0 Å². The molecule has 242 valence electrons. The Morgan fingerprint density at radius 1 is 0.696 bits per heavy atom. The van der Waals surface area contributed by atoms with E-state index in [-0.39, 0.29) is 0 Å². The Morgan fingerprint density at radius 3 is 1.74 bits per heavy atom. The Labute approximate surface area is 273 Å². The van der Waals surface area contributed by atoms with Gasteiger partial charge in [-0.2, -0.15) is 9.97 Å². The molecule has 6 rings (SSSR count). The van der Waals surface area contributed by atoms with Crippen molar-refractivity contribution >= 4 is 34.9 Å². The van der Waals surface area contributed by atoms with Gasteiger partial charge in [0.1, 0.15) is 11.6 Å². The van der Waals surface area contributed by atoms with Gasteiger partial charge in [0.2, 0.25) is 11.9 Å². The van der Waals surface area contributed by atoms with Crippen LogP contribution in [0.2, 0.25) is 0 Å². The second-order valence-corrected chi connectivity index (χ2v) is 11.6. The van der Waals surface area contributed by atoms with Crippen LogP contribution in [0.25, 0.3) is 0 Å². The molecule has 0 aliphatic carbocycles. The predicted molar refractivity (Wildman–Crippen MR) is 189 cm³/mol. The van der Waals surface area contributed by atoms with Crippen molar-refractivity contribution in [3.05, 3.63) is 96.3 Å². The van der Waals surface area contributed by atoms with Crippen LogP contribution in [0.5, 0.6) is 0 Å². The largest absolute Gasteiger partial charge is 0.370 e. The van der Waals surface area contributed by atoms with Gasteiger partial charge in [0.25, 0.3) is 0 Å². The number of benzene rings is 2. The monoisotopic (exact) mass is 621 g/mol. The van der Waals surface area contributed by atoms with E-state index in [4.69, 9.17) is 0 Å². The Morgan fingerprint density at radius 2 is 1.24 bits per heavy atom. The number of hydrogen-bond donors (Lipinski definition) is 5. The van der Waals surface area contributed by atoms with Crippen molar-refractivity contribution in [2.75, 3.05) is 80.3 Å². The molecule has 46 heavy (non-hydrogen) atoms. The van der Waals surface area contributed by atoms with Gasteiger partial charge >= 0.3 is 0 Å². The summed E-state index contributed by atoms with van der Waals surface area (Å²) in [5.74, 6) is 2.94. The molecular formula is C35H47N11. The third-order valence-corrected chi connectivity index (χ3v) is 7.61. The highest BCUT2D eigenvalue weighted by Gasteiger charge is 2.09. The molecule has 4 heterocycles. The molecule has 0 radical (unpaired) electrons. The predicted octanol–water partition coefficient (Wildman–Crippen LogP) is 5.40. The number of nitrogens with zero attached hydrogens (tertiary/aromatic N) is 6. The van der Waals surface area contributed by atoms with Crippen LogP contribution < -0.4 is 26.6 Å². The van der Waals surface area contributed by atoms with Crippen LogP contribution >= 0.6 is 0 Å². The molecule has 1 saturated heterocycles. The first-order valence-electron chi connectivity index (χ1n) is 16.2. The highest BCUT2D eigenvalue weighted by molar-refractivity contribution is 5.56. The lowest BCUT2D eigenvalue weighted by Crippen LogP contribution is -2.24. The number of rotatable bonds is 14. The van der Waals surface area contributed by atoms with Crippen LogP contribution in [0.4, 0.5) is 34.9 Å². The maximum Gasteiger partial charge on any atom is 0.229 e. The van der Waals surface area contributed by atoms with Gasteiger partial charge in [0, 0.05) is 82.8 Å². The second-order valence-electron chi connectivity index (χ2n) is 11.6. The van der Waals surface area contributed by atoms with E-state index in [0.717, 1.165) is 94.9 Å². The summed E-state index contributed by atoms with van der Waals surface area (Å²) in [4.78, 5) is 22.4. The fourth-order valence-electron chi connectivity index (χ4n) is 5.23. The normalized spacial score (nSPS) is 14.5. The van der Waals surface area contributed by atoms with E-state index in [0.29, 0.717) is 11.9 Å². The van der Waals surface area contributed by atoms with Crippen LogP contribution in [0.15, 0.2) is 85.2 Å². The maximum absolute atomic E-state index is 4.51.